The van der Waals surface area contributed by atoms with Crippen molar-refractivity contribution in [2.24, 2.45) is 0 Å². The Morgan fingerprint density at radius 1 is 1.21 bits per heavy atom. The fourth-order valence-corrected chi connectivity index (χ4v) is 5.39. The Morgan fingerprint density at radius 3 is 2.68 bits per heavy atom. The van der Waals surface area contributed by atoms with Gasteiger partial charge in [0.25, 0.3) is 5.56 Å². The smallest absolute Gasteiger partial charge is 0.354 e. The topological polar surface area (TPSA) is 116 Å². The fourth-order valence-electron chi connectivity index (χ4n) is 4.30. The summed E-state index contributed by atoms with van der Waals surface area (Å²) in [6, 6.07) is 3.83. The molecule has 1 aliphatic rings. The first kappa shape index (κ1) is 24.1. The van der Waals surface area contributed by atoms with E-state index in [1.807, 2.05) is 16.8 Å². The minimum Gasteiger partial charge on any atom is -0.464 e. The third-order valence-corrected chi connectivity index (χ3v) is 7.22. The maximum atomic E-state index is 12.8. The van der Waals surface area contributed by atoms with Gasteiger partial charge in [-0.15, -0.1) is 11.3 Å². The normalized spacial score (nSPS) is 15.0. The zero-order chi connectivity index (χ0) is 24.2. The highest BCUT2D eigenvalue weighted by Gasteiger charge is 2.25. The van der Waals surface area contributed by atoms with E-state index in [1.165, 1.54) is 25.6 Å². The van der Waals surface area contributed by atoms with Gasteiger partial charge in [0.1, 0.15) is 27.8 Å². The van der Waals surface area contributed by atoms with Crippen molar-refractivity contribution >= 4 is 33.5 Å². The van der Waals surface area contributed by atoms with Crippen molar-refractivity contribution in [2.75, 3.05) is 40.5 Å². The Bertz CT molecular complexity index is 1240. The summed E-state index contributed by atoms with van der Waals surface area (Å²) in [6.07, 6.45) is 3.64. The molecule has 3 aromatic heterocycles. The van der Waals surface area contributed by atoms with E-state index < -0.39 is 5.97 Å². The summed E-state index contributed by atoms with van der Waals surface area (Å²) in [5.74, 6) is -0.250. The second-order valence-electron chi connectivity index (χ2n) is 8.18. The van der Waals surface area contributed by atoms with Crippen LogP contribution < -0.4 is 5.56 Å². The number of fused-ring (bicyclic) bond motifs is 1. The van der Waals surface area contributed by atoms with Crippen LogP contribution in [0, 0.1) is 6.92 Å². The average molecular weight is 489 g/mol. The maximum absolute atomic E-state index is 12.8. The molecule has 4 heterocycles. The number of aryl methyl sites for hydroxylation is 1. The average Bonchev–Trinajstić information content (AvgIpc) is 3.44. The van der Waals surface area contributed by atoms with Gasteiger partial charge in [-0.2, -0.15) is 0 Å². The Balaban J connectivity index is 1.44. The molecule has 1 N–H and O–H groups in total. The third-order valence-electron chi connectivity index (χ3n) is 6.05. The highest BCUT2D eigenvalue weighted by molar-refractivity contribution is 7.20. The van der Waals surface area contributed by atoms with Crippen molar-refractivity contribution in [3.63, 3.8) is 0 Å². The molecule has 11 heteroatoms. The van der Waals surface area contributed by atoms with E-state index in [0.717, 1.165) is 25.9 Å². The number of piperidine rings is 1. The number of aromatic amines is 1. The number of thiophene rings is 1. The first-order valence-electron chi connectivity index (χ1n) is 11.1. The number of hydrogen-bond donors (Lipinski definition) is 1. The third kappa shape index (κ3) is 4.91. The van der Waals surface area contributed by atoms with Crippen LogP contribution in [0.3, 0.4) is 0 Å². The zero-order valence-electron chi connectivity index (χ0n) is 19.5. The largest absolute Gasteiger partial charge is 0.464 e. The number of nitrogens with zero attached hydrogens (tertiary/aromatic N) is 3. The van der Waals surface area contributed by atoms with Gasteiger partial charge in [-0.05, 0) is 37.5 Å². The Kier molecular flexibility index (Phi) is 7.44. The number of H-pyrrole nitrogens is 1. The standard InChI is InChI=1S/C23H28N4O6S/c1-14-18-20(28)24-17(25-21(18)34-19(14)23(30)33-12-11-31-2)13-26-9-6-15(7-10-26)27-8-4-5-16(27)22(29)32-3/h4-5,8,15H,6-7,9-13H2,1-3H3,(H,24,25,28). The van der Waals surface area contributed by atoms with E-state index in [2.05, 4.69) is 14.9 Å². The summed E-state index contributed by atoms with van der Waals surface area (Å²) in [7, 11) is 2.92. The maximum Gasteiger partial charge on any atom is 0.354 e. The number of nitrogens with one attached hydrogen (secondary N) is 1. The lowest BCUT2D eigenvalue weighted by molar-refractivity contribution is 0.0392. The second-order valence-corrected chi connectivity index (χ2v) is 9.18. The molecule has 0 unspecified atom stereocenters. The Labute approximate surface area is 200 Å². The first-order chi connectivity index (χ1) is 16.4. The number of carbonyl (C=O) groups is 2. The van der Waals surface area contributed by atoms with Crippen LogP contribution in [0.1, 0.15) is 50.4 Å². The lowest BCUT2D eigenvalue weighted by Gasteiger charge is -2.33. The van der Waals surface area contributed by atoms with E-state index in [-0.39, 0.29) is 24.2 Å². The number of carbonyl (C=O) groups excluding carboxylic acids is 2. The second kappa shape index (κ2) is 10.5. The van der Waals surface area contributed by atoms with Crippen LogP contribution in [0.25, 0.3) is 10.2 Å². The molecular formula is C23H28N4O6S. The molecule has 0 atom stereocenters. The van der Waals surface area contributed by atoms with Gasteiger partial charge in [0, 0.05) is 32.4 Å². The molecule has 182 valence electrons. The van der Waals surface area contributed by atoms with Crippen LogP contribution in [0.5, 0.6) is 0 Å². The number of rotatable bonds is 8. The van der Waals surface area contributed by atoms with Gasteiger partial charge in [-0.25, -0.2) is 14.6 Å². The number of esters is 2. The van der Waals surface area contributed by atoms with Crippen LogP contribution >= 0.6 is 11.3 Å². The highest BCUT2D eigenvalue weighted by Crippen LogP contribution is 2.29. The monoisotopic (exact) mass is 488 g/mol. The summed E-state index contributed by atoms with van der Waals surface area (Å²) in [5, 5.41) is 0.425. The fraction of sp³-hybridized carbons (Fsp3) is 0.478. The molecular weight excluding hydrogens is 460 g/mol. The van der Waals surface area contributed by atoms with E-state index >= 15 is 0 Å². The number of ether oxygens (including phenoxy) is 3. The molecule has 34 heavy (non-hydrogen) atoms. The number of hydrogen-bond acceptors (Lipinski definition) is 9. The zero-order valence-corrected chi connectivity index (χ0v) is 20.3. The van der Waals surface area contributed by atoms with E-state index in [0.29, 0.717) is 45.3 Å². The SMILES string of the molecule is COCCOC(=O)c1sc2nc(CN3CCC(n4cccc4C(=O)OC)CC3)[nH]c(=O)c2c1C. The van der Waals surface area contributed by atoms with Crippen LogP contribution in [-0.2, 0) is 20.8 Å². The molecule has 0 aliphatic carbocycles. The summed E-state index contributed by atoms with van der Waals surface area (Å²) in [4.78, 5) is 47.8. The van der Waals surface area contributed by atoms with Gasteiger partial charge in [0.2, 0.25) is 0 Å². The molecule has 3 aromatic rings. The number of methoxy groups -OCH3 is 2. The van der Waals surface area contributed by atoms with Gasteiger partial charge in [0.15, 0.2) is 0 Å². The van der Waals surface area contributed by atoms with Gasteiger partial charge in [0.05, 0.1) is 25.6 Å². The minimum atomic E-state index is -0.475. The van der Waals surface area contributed by atoms with Crippen LogP contribution in [0.2, 0.25) is 0 Å². The quantitative estimate of drug-likeness (QED) is 0.380. The lowest BCUT2D eigenvalue weighted by atomic mass is 10.0. The summed E-state index contributed by atoms with van der Waals surface area (Å²) in [5.41, 5.74) is 0.883. The van der Waals surface area contributed by atoms with Crippen molar-refractivity contribution < 1.29 is 23.8 Å². The van der Waals surface area contributed by atoms with Gasteiger partial charge in [-0.3, -0.25) is 9.69 Å². The lowest BCUT2D eigenvalue weighted by Crippen LogP contribution is -2.35. The molecule has 0 radical (unpaired) electrons. The van der Waals surface area contributed by atoms with Crippen LogP contribution in [0.4, 0.5) is 0 Å². The summed E-state index contributed by atoms with van der Waals surface area (Å²) >= 11 is 1.17. The van der Waals surface area contributed by atoms with Crippen molar-refractivity contribution in [3.05, 3.63) is 50.6 Å². The van der Waals surface area contributed by atoms with Crippen molar-refractivity contribution in [1.29, 1.82) is 0 Å². The van der Waals surface area contributed by atoms with Crippen LogP contribution in [0.15, 0.2) is 23.1 Å². The molecule has 0 saturated carbocycles. The molecule has 1 fully saturated rings. The molecule has 0 spiro atoms. The predicted molar refractivity (Wildman–Crippen MR) is 126 cm³/mol. The molecule has 0 amide bonds. The minimum absolute atomic E-state index is 0.151. The molecule has 1 aliphatic heterocycles. The van der Waals surface area contributed by atoms with E-state index in [4.69, 9.17) is 14.2 Å². The number of likely N-dealkylation sites (tertiary alicyclic amines) is 1. The van der Waals surface area contributed by atoms with Gasteiger partial charge in [-0.1, -0.05) is 0 Å². The molecule has 1 saturated heterocycles. The molecule has 0 bridgehead atoms. The van der Waals surface area contributed by atoms with Crippen molar-refractivity contribution in [3.8, 4) is 0 Å². The summed E-state index contributed by atoms with van der Waals surface area (Å²) < 4.78 is 17.0. The first-order valence-corrected chi connectivity index (χ1v) is 11.9. The Morgan fingerprint density at radius 2 is 1.97 bits per heavy atom. The molecule has 4 rings (SSSR count). The van der Waals surface area contributed by atoms with E-state index in [9.17, 15) is 14.4 Å². The predicted octanol–water partition coefficient (Wildman–Crippen LogP) is 2.52. The van der Waals surface area contributed by atoms with Gasteiger partial charge < -0.3 is 23.8 Å². The van der Waals surface area contributed by atoms with Crippen molar-refractivity contribution in [2.45, 2.75) is 32.4 Å². The van der Waals surface area contributed by atoms with Gasteiger partial charge >= 0.3 is 11.9 Å². The molecule has 0 aromatic carbocycles. The highest BCUT2D eigenvalue weighted by atomic mass is 32.1. The summed E-state index contributed by atoms with van der Waals surface area (Å²) in [6.45, 7) is 4.29. The van der Waals surface area contributed by atoms with Crippen molar-refractivity contribution in [1.82, 2.24) is 19.4 Å². The molecule has 10 nitrogen and oxygen atoms in total. The number of aromatic nitrogens is 3. The Hall–Kier alpha value is -3.02. The van der Waals surface area contributed by atoms with E-state index in [1.54, 1.807) is 13.0 Å². The van der Waals surface area contributed by atoms with Crippen LogP contribution in [-0.4, -0.2) is 71.9 Å².